The molecule has 0 bridgehead atoms. The molecular weight excluding hydrogens is 559 g/mol. The molecule has 1 fully saturated rings. The first-order chi connectivity index (χ1) is 16.4. The molecule has 1 aliphatic rings. The minimum atomic E-state index is -1.44. The Morgan fingerprint density at radius 1 is 1.14 bits per heavy atom. The van der Waals surface area contributed by atoms with E-state index in [4.69, 9.17) is 20.7 Å². The van der Waals surface area contributed by atoms with Crippen LogP contribution in [-0.4, -0.2) is 129 Å². The second-order valence-electron chi connectivity index (χ2n) is 7.53. The number of aliphatic hydroxyl groups excluding tert-OH is 3. The third-order valence-electron chi connectivity index (χ3n) is 4.71. The van der Waals surface area contributed by atoms with Gasteiger partial charge in [0.25, 0.3) is 0 Å². The number of ether oxygens (including phenoxy) is 1. The number of rotatable bonds is 14. The number of nitrogens with one attached hydrogen (secondary N) is 3. The normalized spacial score (nSPS) is 25.7. The van der Waals surface area contributed by atoms with Gasteiger partial charge in [-0.15, -0.1) is 0 Å². The maximum atomic E-state index is 12.4. The summed E-state index contributed by atoms with van der Waals surface area (Å²) in [6.07, 6.45) is -4.44. The predicted molar refractivity (Wildman–Crippen MR) is 121 cm³/mol. The van der Waals surface area contributed by atoms with E-state index in [-0.39, 0.29) is 18.6 Å². The first kappa shape index (κ1) is 31.0. The van der Waals surface area contributed by atoms with Crippen LogP contribution in [-0.2, 0) is 28.7 Å². The molecule has 0 aliphatic carbocycles. The summed E-state index contributed by atoms with van der Waals surface area (Å²) in [4.78, 5) is 57.7. The number of carbonyl (C=O) groups excluding carboxylic acids is 3. The van der Waals surface area contributed by atoms with Crippen molar-refractivity contribution in [1.29, 1.82) is 0 Å². The SMILES string of the molecule is CC(=O)N[C@@H]1[C@@H](O)[C@@H](O)[C@@H](CO)O[C@H]1[Se]SCC(NC(=O)CCC(N)C(=O)O)C(=O)NCC(=O)O. The van der Waals surface area contributed by atoms with Crippen molar-refractivity contribution in [3.63, 3.8) is 0 Å². The van der Waals surface area contributed by atoms with Gasteiger partial charge in [0.05, 0.1) is 0 Å². The summed E-state index contributed by atoms with van der Waals surface area (Å²) in [5, 5.41) is 53.6. The van der Waals surface area contributed by atoms with E-state index in [0.717, 1.165) is 10.2 Å². The van der Waals surface area contributed by atoms with Crippen LogP contribution in [0.15, 0.2) is 0 Å². The van der Waals surface area contributed by atoms with Crippen LogP contribution in [0.3, 0.4) is 0 Å². The van der Waals surface area contributed by atoms with Crippen molar-refractivity contribution in [2.24, 2.45) is 5.73 Å². The third kappa shape index (κ3) is 10.7. The molecule has 0 spiro atoms. The van der Waals surface area contributed by atoms with Crippen molar-refractivity contribution >= 4 is 53.7 Å². The second kappa shape index (κ2) is 15.2. The molecule has 1 rings (SSSR count). The molecule has 2 unspecified atom stereocenters. The number of amides is 3. The van der Waals surface area contributed by atoms with Crippen molar-refractivity contribution in [2.75, 3.05) is 18.9 Å². The van der Waals surface area contributed by atoms with Crippen LogP contribution in [0, 0.1) is 0 Å². The molecule has 10 N–H and O–H groups in total. The Balaban J connectivity index is 2.82. The Labute approximate surface area is 209 Å². The summed E-state index contributed by atoms with van der Waals surface area (Å²) in [7, 11) is 1.12. The summed E-state index contributed by atoms with van der Waals surface area (Å²) in [6, 6.07) is -3.46. The van der Waals surface area contributed by atoms with Gasteiger partial charge in [-0.05, 0) is 0 Å². The standard InChI is InChI=1S/C18H30N4O11SSe/c1-7(24)21-13-15(29)14(28)10(5-23)33-18(13)35-34-6-9(16(30)20-4-12(26)27)22-11(25)3-2-8(19)17(31)32/h8-10,13-15,18,23,28-29H,2-6,19H2,1H3,(H,20,30)(H,21,24)(H,22,25)(H,26,27)(H,31,32)/t8?,9?,10-,13-,14+,15-,18+/m1/s1. The molecule has 7 atom stereocenters. The predicted octanol–water partition coefficient (Wildman–Crippen LogP) is -4.84. The van der Waals surface area contributed by atoms with E-state index < -0.39 is 98.1 Å². The Morgan fingerprint density at radius 2 is 1.80 bits per heavy atom. The molecule has 1 heterocycles. The van der Waals surface area contributed by atoms with E-state index >= 15 is 0 Å². The van der Waals surface area contributed by atoms with Gasteiger partial charge in [-0.1, -0.05) is 0 Å². The van der Waals surface area contributed by atoms with Crippen molar-refractivity contribution in [3.05, 3.63) is 0 Å². The molecule has 0 aromatic carbocycles. The van der Waals surface area contributed by atoms with E-state index in [1.54, 1.807) is 0 Å². The van der Waals surface area contributed by atoms with Gasteiger partial charge >= 0.3 is 210 Å². The first-order valence-electron chi connectivity index (χ1n) is 10.3. The van der Waals surface area contributed by atoms with Gasteiger partial charge in [-0.2, -0.15) is 0 Å². The van der Waals surface area contributed by atoms with Crippen LogP contribution in [0.5, 0.6) is 0 Å². The summed E-state index contributed by atoms with van der Waals surface area (Å²) < 4.78 is 5.62. The average Bonchev–Trinajstić information content (AvgIpc) is 2.79. The first-order valence-corrected chi connectivity index (χ1v) is 14.3. The van der Waals surface area contributed by atoms with Crippen molar-refractivity contribution < 1.29 is 54.2 Å². The zero-order chi connectivity index (χ0) is 26.7. The molecule has 0 aromatic rings. The topological polar surface area (TPSA) is 258 Å². The number of hydrogen-bond acceptors (Lipinski definition) is 11. The fourth-order valence-corrected chi connectivity index (χ4v) is 7.63. The van der Waals surface area contributed by atoms with Crippen molar-refractivity contribution in [2.45, 2.75) is 61.2 Å². The molecular formula is C18H30N4O11SSe. The molecule has 35 heavy (non-hydrogen) atoms. The summed E-state index contributed by atoms with van der Waals surface area (Å²) in [5.41, 5.74) is 5.36. The Bertz CT molecular complexity index is 777. The molecule has 0 radical (unpaired) electrons. The van der Waals surface area contributed by atoms with E-state index in [1.807, 2.05) is 0 Å². The van der Waals surface area contributed by atoms with Crippen LogP contribution in [0.1, 0.15) is 19.8 Å². The summed E-state index contributed by atoms with van der Waals surface area (Å²) in [5.74, 6) is -4.61. The molecule has 0 aromatic heterocycles. The van der Waals surface area contributed by atoms with Crippen LogP contribution in [0.4, 0.5) is 0 Å². The minimum absolute atomic E-state index is 0.0583. The maximum absolute atomic E-state index is 12.4. The van der Waals surface area contributed by atoms with E-state index in [2.05, 4.69) is 16.0 Å². The van der Waals surface area contributed by atoms with Gasteiger partial charge in [0, 0.05) is 0 Å². The number of nitrogens with two attached hydrogens (primary N) is 1. The quantitative estimate of drug-likeness (QED) is 0.0863. The zero-order valence-electron chi connectivity index (χ0n) is 18.7. The van der Waals surface area contributed by atoms with Crippen LogP contribution < -0.4 is 21.7 Å². The number of carboxylic acid groups (broad SMARTS) is 2. The molecule has 1 aliphatic heterocycles. The van der Waals surface area contributed by atoms with Crippen LogP contribution >= 0.6 is 10.2 Å². The van der Waals surface area contributed by atoms with E-state index in [9.17, 15) is 39.3 Å². The Kier molecular flexibility index (Phi) is 13.5. The van der Waals surface area contributed by atoms with E-state index in [1.165, 1.54) is 6.92 Å². The summed E-state index contributed by atoms with van der Waals surface area (Å²) in [6.45, 7) is -0.0659. The van der Waals surface area contributed by atoms with Gasteiger partial charge in [-0.3, -0.25) is 0 Å². The zero-order valence-corrected chi connectivity index (χ0v) is 21.2. The molecule has 17 heteroatoms. The number of aliphatic hydroxyl groups is 3. The number of hydrogen-bond donors (Lipinski definition) is 9. The van der Waals surface area contributed by atoms with E-state index in [0.29, 0.717) is 0 Å². The summed E-state index contributed by atoms with van der Waals surface area (Å²) >= 11 is -0.622. The van der Waals surface area contributed by atoms with Crippen LogP contribution in [0.2, 0.25) is 0 Å². The molecule has 0 saturated carbocycles. The fraction of sp³-hybridized carbons (Fsp3) is 0.722. The Morgan fingerprint density at radius 3 is 2.34 bits per heavy atom. The fourth-order valence-electron chi connectivity index (χ4n) is 2.87. The Hall–Kier alpha value is -1.98. The average molecular weight is 589 g/mol. The van der Waals surface area contributed by atoms with Crippen LogP contribution in [0.25, 0.3) is 0 Å². The van der Waals surface area contributed by atoms with Gasteiger partial charge < -0.3 is 0 Å². The van der Waals surface area contributed by atoms with Crippen molar-refractivity contribution in [3.8, 4) is 0 Å². The van der Waals surface area contributed by atoms with Gasteiger partial charge in [0.15, 0.2) is 0 Å². The van der Waals surface area contributed by atoms with Crippen molar-refractivity contribution in [1.82, 2.24) is 16.0 Å². The monoisotopic (exact) mass is 590 g/mol. The van der Waals surface area contributed by atoms with Gasteiger partial charge in [0.2, 0.25) is 0 Å². The molecule has 1 saturated heterocycles. The third-order valence-corrected chi connectivity index (χ3v) is 9.26. The number of carboxylic acids is 2. The van der Waals surface area contributed by atoms with Gasteiger partial charge in [0.1, 0.15) is 0 Å². The second-order valence-corrected chi connectivity index (χ2v) is 12.0. The number of aliphatic carboxylic acids is 2. The molecule has 200 valence electrons. The molecule has 15 nitrogen and oxygen atoms in total. The number of carbonyl (C=O) groups is 5. The molecule has 3 amide bonds. The van der Waals surface area contributed by atoms with Gasteiger partial charge in [-0.25, -0.2) is 0 Å².